The molecule has 0 bridgehead atoms. The second-order valence-corrected chi connectivity index (χ2v) is 19.2. The third-order valence-electron chi connectivity index (χ3n) is 6.99. The predicted molar refractivity (Wildman–Crippen MR) is 178 cm³/mol. The summed E-state index contributed by atoms with van der Waals surface area (Å²) in [6.07, 6.45) is 3.69. The van der Waals surface area contributed by atoms with Crippen LogP contribution < -0.4 is 0 Å². The number of sulfonamides is 1. The molecule has 1 unspecified atom stereocenters. The van der Waals surface area contributed by atoms with E-state index >= 15 is 0 Å². The predicted octanol–water partition coefficient (Wildman–Crippen LogP) is 5.96. The summed E-state index contributed by atoms with van der Waals surface area (Å²) in [5.41, 5.74) is -0.0449. The van der Waals surface area contributed by atoms with Crippen molar-refractivity contribution in [2.24, 2.45) is 5.41 Å². The second-order valence-electron chi connectivity index (χ2n) is 13.2. The first kappa shape index (κ1) is 34.3. The Morgan fingerprint density at radius 2 is 1.91 bits per heavy atom. The minimum absolute atomic E-state index is 0.0287. The van der Waals surface area contributed by atoms with E-state index in [1.807, 2.05) is 39.9 Å². The minimum Gasteiger partial charge on any atom is -0.443 e. The van der Waals surface area contributed by atoms with Crippen molar-refractivity contribution in [3.8, 4) is 0 Å². The van der Waals surface area contributed by atoms with Crippen molar-refractivity contribution in [3.63, 3.8) is 0 Å². The SMILES string of the molecule is C[SiH](C)O[C@@H](C1CN(S(=O)(=O)/C=C/c2ccc(Cl)s2)CC(=O)N1Cc1cc2cnccc2n1C(=O)OC(C)(C)C)C(C)(C)C. The van der Waals surface area contributed by atoms with Crippen LogP contribution in [-0.2, 0) is 30.5 Å². The molecule has 0 aliphatic carbocycles. The number of hydrogen-bond acceptors (Lipinski definition) is 8. The van der Waals surface area contributed by atoms with Crippen molar-refractivity contribution < 1.29 is 27.2 Å². The maximum atomic E-state index is 14.0. The number of carbonyl (C=O) groups is 2. The Hall–Kier alpha value is -2.55. The number of pyridine rings is 1. The minimum atomic E-state index is -3.97. The van der Waals surface area contributed by atoms with E-state index in [0.717, 1.165) is 10.8 Å². The van der Waals surface area contributed by atoms with Gasteiger partial charge < -0.3 is 14.1 Å². The quantitative estimate of drug-likeness (QED) is 0.270. The molecule has 0 aromatic carbocycles. The molecule has 3 aromatic rings. The Morgan fingerprint density at radius 3 is 2.50 bits per heavy atom. The highest BCUT2D eigenvalue weighted by Gasteiger charge is 2.45. The van der Waals surface area contributed by atoms with Gasteiger partial charge in [0.1, 0.15) is 5.60 Å². The van der Waals surface area contributed by atoms with Gasteiger partial charge in [0, 0.05) is 40.3 Å². The van der Waals surface area contributed by atoms with Crippen LogP contribution in [0.3, 0.4) is 0 Å². The van der Waals surface area contributed by atoms with Crippen LogP contribution in [0.4, 0.5) is 4.79 Å². The zero-order valence-corrected chi connectivity index (χ0v) is 29.9. The van der Waals surface area contributed by atoms with Crippen molar-refractivity contribution in [1.29, 1.82) is 0 Å². The van der Waals surface area contributed by atoms with Gasteiger partial charge in [-0.15, -0.1) is 11.3 Å². The Balaban J connectivity index is 1.76. The summed E-state index contributed by atoms with van der Waals surface area (Å²) in [5, 5.41) is 1.84. The van der Waals surface area contributed by atoms with Crippen molar-refractivity contribution in [3.05, 3.63) is 57.0 Å². The number of piperazine rings is 1. The third-order valence-corrected chi connectivity index (χ3v) is 10.5. The van der Waals surface area contributed by atoms with Crippen LogP contribution in [0, 0.1) is 5.41 Å². The number of fused-ring (bicyclic) bond motifs is 1. The summed E-state index contributed by atoms with van der Waals surface area (Å²) < 4.78 is 42.6. The van der Waals surface area contributed by atoms with Crippen molar-refractivity contribution >= 4 is 71.0 Å². The van der Waals surface area contributed by atoms with Gasteiger partial charge >= 0.3 is 6.09 Å². The van der Waals surface area contributed by atoms with Crippen LogP contribution in [0.5, 0.6) is 0 Å². The van der Waals surface area contributed by atoms with Gasteiger partial charge in [0.05, 0.1) is 35.1 Å². The molecule has 0 radical (unpaired) electrons. The van der Waals surface area contributed by atoms with Crippen molar-refractivity contribution in [2.45, 2.75) is 78.9 Å². The van der Waals surface area contributed by atoms with Crippen LogP contribution in [-0.4, -0.2) is 79.1 Å². The molecule has 14 heteroatoms. The summed E-state index contributed by atoms with van der Waals surface area (Å²) in [4.78, 5) is 34.0. The lowest BCUT2D eigenvalue weighted by Crippen LogP contribution is -2.63. The van der Waals surface area contributed by atoms with Gasteiger partial charge in [0.15, 0.2) is 9.04 Å². The highest BCUT2D eigenvalue weighted by molar-refractivity contribution is 7.92. The smallest absolute Gasteiger partial charge is 0.419 e. The zero-order valence-electron chi connectivity index (χ0n) is 26.4. The van der Waals surface area contributed by atoms with Gasteiger partial charge in [-0.3, -0.25) is 9.78 Å². The van der Waals surface area contributed by atoms with E-state index in [9.17, 15) is 18.0 Å². The lowest BCUT2D eigenvalue weighted by Gasteiger charge is -2.48. The van der Waals surface area contributed by atoms with E-state index in [-0.39, 0.29) is 25.5 Å². The van der Waals surface area contributed by atoms with E-state index in [4.69, 9.17) is 20.8 Å². The number of nitrogens with zero attached hydrogens (tertiary/aromatic N) is 4. The molecule has 240 valence electrons. The Labute approximate surface area is 270 Å². The molecule has 44 heavy (non-hydrogen) atoms. The molecule has 1 aliphatic heterocycles. The lowest BCUT2D eigenvalue weighted by molar-refractivity contribution is -0.144. The number of rotatable bonds is 8. The number of thiophene rings is 1. The molecule has 2 atom stereocenters. The summed E-state index contributed by atoms with van der Waals surface area (Å²) >= 11 is 7.28. The van der Waals surface area contributed by atoms with E-state index in [1.54, 1.807) is 56.3 Å². The molecule has 1 amide bonds. The Bertz CT molecular complexity index is 1660. The van der Waals surface area contributed by atoms with E-state index in [1.165, 1.54) is 26.3 Å². The molecule has 4 heterocycles. The van der Waals surface area contributed by atoms with Crippen LogP contribution in [0.2, 0.25) is 17.4 Å². The number of halogens is 1. The monoisotopic (exact) mass is 680 g/mol. The van der Waals surface area contributed by atoms with Gasteiger partial charge in [-0.25, -0.2) is 17.8 Å². The molecule has 1 fully saturated rings. The fourth-order valence-corrected chi connectivity index (χ4v) is 8.57. The van der Waals surface area contributed by atoms with Gasteiger partial charge in [-0.2, -0.15) is 4.31 Å². The summed E-state index contributed by atoms with van der Waals surface area (Å²) in [5.74, 6) is -0.389. The number of hydrogen-bond donors (Lipinski definition) is 0. The largest absolute Gasteiger partial charge is 0.443 e. The first-order chi connectivity index (χ1) is 20.4. The van der Waals surface area contributed by atoms with E-state index in [0.29, 0.717) is 20.4 Å². The molecule has 10 nitrogen and oxygen atoms in total. The number of aromatic nitrogens is 2. The highest BCUT2D eigenvalue weighted by Crippen LogP contribution is 2.33. The normalized spacial score (nSPS) is 18.1. The standard InChI is InChI=1S/C30H41ClN4O6S2Si/c1-29(2,3)27(41-44(7)8)24-18-33(43(38,39)14-12-22-9-10-25(31)42-22)19-26(36)34(24)17-21-15-20-16-32-13-11-23(20)35(21)28(37)40-30(4,5)6/h9-16,24,27,44H,17-19H2,1-8H3/b14-12+/t24?,27-/m0/s1. The number of ether oxygens (including phenoxy) is 1. The van der Waals surface area contributed by atoms with Crippen LogP contribution >= 0.6 is 22.9 Å². The van der Waals surface area contributed by atoms with Crippen LogP contribution in [0.1, 0.15) is 52.1 Å². The maximum Gasteiger partial charge on any atom is 0.419 e. The molecular formula is C30H41ClN4O6S2Si. The topological polar surface area (TPSA) is 111 Å². The van der Waals surface area contributed by atoms with Crippen molar-refractivity contribution in [2.75, 3.05) is 13.1 Å². The van der Waals surface area contributed by atoms with Gasteiger partial charge in [-0.05, 0) is 69.6 Å². The Morgan fingerprint density at radius 1 is 1.20 bits per heavy atom. The van der Waals surface area contributed by atoms with E-state index < -0.39 is 48.3 Å². The summed E-state index contributed by atoms with van der Waals surface area (Å²) in [6, 6.07) is 6.35. The molecular weight excluding hydrogens is 640 g/mol. The molecule has 0 N–H and O–H groups in total. The number of carbonyl (C=O) groups excluding carboxylic acids is 2. The van der Waals surface area contributed by atoms with Crippen LogP contribution in [0.25, 0.3) is 17.0 Å². The lowest BCUT2D eigenvalue weighted by atomic mass is 9.83. The zero-order chi connectivity index (χ0) is 32.6. The first-order valence-electron chi connectivity index (χ1n) is 14.4. The number of amides is 1. The maximum absolute atomic E-state index is 14.0. The van der Waals surface area contributed by atoms with E-state index in [2.05, 4.69) is 4.98 Å². The summed E-state index contributed by atoms with van der Waals surface area (Å²) in [6.45, 7) is 15.3. The molecule has 3 aromatic heterocycles. The van der Waals surface area contributed by atoms with Gasteiger partial charge in [0.2, 0.25) is 15.9 Å². The average molecular weight is 681 g/mol. The molecule has 4 rings (SSSR count). The first-order valence-corrected chi connectivity index (χ1v) is 19.9. The van der Waals surface area contributed by atoms with Crippen LogP contribution in [0.15, 0.2) is 42.1 Å². The fraction of sp³-hybridized carbons (Fsp3) is 0.500. The molecule has 1 aliphatic rings. The second kappa shape index (κ2) is 13.0. The Kier molecular flexibility index (Phi) is 10.2. The average Bonchev–Trinajstić information content (AvgIpc) is 3.48. The van der Waals surface area contributed by atoms with Gasteiger partial charge in [-0.1, -0.05) is 32.4 Å². The summed E-state index contributed by atoms with van der Waals surface area (Å²) in [7, 11) is -5.61. The third kappa shape index (κ3) is 8.18. The van der Waals surface area contributed by atoms with Crippen molar-refractivity contribution in [1.82, 2.24) is 18.8 Å². The molecule has 0 spiro atoms. The molecule has 0 saturated carbocycles. The fourth-order valence-electron chi connectivity index (χ4n) is 5.21. The van der Waals surface area contributed by atoms with Gasteiger partial charge in [0.25, 0.3) is 0 Å². The molecule has 1 saturated heterocycles. The highest BCUT2D eigenvalue weighted by atomic mass is 35.5.